The van der Waals surface area contributed by atoms with Crippen LogP contribution in [-0.4, -0.2) is 37.7 Å². The molecule has 152 valence electrons. The fourth-order valence-corrected chi connectivity index (χ4v) is 1.88. The van der Waals surface area contributed by atoms with E-state index < -0.39 is 16.8 Å². The Bertz CT molecular complexity index is 453. The van der Waals surface area contributed by atoms with Gasteiger partial charge < -0.3 is 14.2 Å². The second-order valence-electron chi connectivity index (χ2n) is 8.15. The van der Waals surface area contributed by atoms with E-state index in [1.165, 1.54) is 0 Å². The second kappa shape index (κ2) is 11.9. The van der Waals surface area contributed by atoms with Gasteiger partial charge in [0.05, 0.1) is 18.6 Å². The van der Waals surface area contributed by atoms with Gasteiger partial charge in [-0.05, 0) is 26.7 Å². The van der Waals surface area contributed by atoms with E-state index in [0.717, 1.165) is 25.7 Å². The molecule has 0 heterocycles. The molecular formula is C20H36O6. The van der Waals surface area contributed by atoms with Crippen LogP contribution < -0.4 is 0 Å². The summed E-state index contributed by atoms with van der Waals surface area (Å²) in [5.41, 5.74) is -1.40. The third-order valence-electron chi connectivity index (χ3n) is 3.83. The van der Waals surface area contributed by atoms with E-state index in [2.05, 4.69) is 0 Å². The van der Waals surface area contributed by atoms with Crippen LogP contribution in [0.5, 0.6) is 0 Å². The zero-order valence-corrected chi connectivity index (χ0v) is 17.3. The fraction of sp³-hybridized carbons (Fsp3) is 0.850. The zero-order valence-electron chi connectivity index (χ0n) is 17.3. The molecule has 0 aromatic heterocycles. The summed E-state index contributed by atoms with van der Waals surface area (Å²) in [6, 6.07) is 0. The summed E-state index contributed by atoms with van der Waals surface area (Å²) >= 11 is 0. The third-order valence-corrected chi connectivity index (χ3v) is 3.83. The summed E-state index contributed by atoms with van der Waals surface area (Å²) in [6.07, 6.45) is 4.20. The van der Waals surface area contributed by atoms with Crippen LogP contribution in [0.25, 0.3) is 0 Å². The van der Waals surface area contributed by atoms with Crippen LogP contribution in [0.3, 0.4) is 0 Å². The average molecular weight is 373 g/mol. The van der Waals surface area contributed by atoms with Crippen LogP contribution in [0.1, 0.15) is 80.1 Å². The van der Waals surface area contributed by atoms with Gasteiger partial charge in [-0.3, -0.25) is 14.4 Å². The highest BCUT2D eigenvalue weighted by Gasteiger charge is 2.33. The Morgan fingerprint density at radius 1 is 0.692 bits per heavy atom. The predicted molar refractivity (Wildman–Crippen MR) is 99.5 cm³/mol. The van der Waals surface area contributed by atoms with Crippen molar-refractivity contribution < 1.29 is 28.6 Å². The molecule has 0 aliphatic carbocycles. The maximum atomic E-state index is 12.3. The van der Waals surface area contributed by atoms with E-state index in [1.54, 1.807) is 13.8 Å². The van der Waals surface area contributed by atoms with Gasteiger partial charge in [-0.2, -0.15) is 0 Å². The van der Waals surface area contributed by atoms with Gasteiger partial charge in [0.2, 0.25) is 0 Å². The van der Waals surface area contributed by atoms with Crippen molar-refractivity contribution in [3.8, 4) is 0 Å². The smallest absolute Gasteiger partial charge is 0.315 e. The van der Waals surface area contributed by atoms with E-state index in [1.807, 2.05) is 27.7 Å². The van der Waals surface area contributed by atoms with Gasteiger partial charge in [0.25, 0.3) is 0 Å². The lowest BCUT2D eigenvalue weighted by molar-refractivity contribution is -0.165. The van der Waals surface area contributed by atoms with Crippen molar-refractivity contribution in [2.75, 3.05) is 19.8 Å². The Labute approximate surface area is 157 Å². The van der Waals surface area contributed by atoms with Gasteiger partial charge in [0.15, 0.2) is 0 Å². The van der Waals surface area contributed by atoms with Gasteiger partial charge >= 0.3 is 17.9 Å². The van der Waals surface area contributed by atoms with Gasteiger partial charge in [0, 0.05) is 18.3 Å². The molecule has 6 heteroatoms. The monoisotopic (exact) mass is 372 g/mol. The standard InChI is InChI=1S/C20H36O6/c1-7-9-11-16(21)24-13-19(3,4)14-26-18(23)20(5,6)15-25-17(22)12-10-8-2/h7-15H2,1-6H3. The average Bonchev–Trinajstić information content (AvgIpc) is 2.59. The third kappa shape index (κ3) is 11.1. The zero-order chi connectivity index (χ0) is 20.2. The lowest BCUT2D eigenvalue weighted by atomic mass is 9.93. The minimum absolute atomic E-state index is 0.0131. The maximum Gasteiger partial charge on any atom is 0.315 e. The summed E-state index contributed by atoms with van der Waals surface area (Å²) in [6.45, 7) is 11.4. The van der Waals surface area contributed by atoms with Crippen molar-refractivity contribution >= 4 is 17.9 Å². The minimum atomic E-state index is -0.921. The number of unbranched alkanes of at least 4 members (excludes halogenated alkanes) is 2. The molecule has 0 unspecified atom stereocenters. The van der Waals surface area contributed by atoms with Crippen LogP contribution in [0.2, 0.25) is 0 Å². The first-order valence-corrected chi connectivity index (χ1v) is 9.52. The molecule has 0 aromatic rings. The Hall–Kier alpha value is -1.59. The molecule has 0 saturated carbocycles. The largest absolute Gasteiger partial charge is 0.465 e. The molecule has 0 aromatic carbocycles. The number of hydrogen-bond acceptors (Lipinski definition) is 6. The molecule has 0 saturated heterocycles. The lowest BCUT2D eigenvalue weighted by Gasteiger charge is -2.27. The Kier molecular flexibility index (Phi) is 11.2. The van der Waals surface area contributed by atoms with Crippen LogP contribution >= 0.6 is 0 Å². The number of rotatable bonds is 13. The summed E-state index contributed by atoms with van der Waals surface area (Å²) in [7, 11) is 0. The molecule has 0 radical (unpaired) electrons. The number of hydrogen-bond donors (Lipinski definition) is 0. The number of carbonyl (C=O) groups excluding carboxylic acids is 3. The Morgan fingerprint density at radius 3 is 1.58 bits per heavy atom. The summed E-state index contributed by atoms with van der Waals surface area (Å²) < 4.78 is 15.8. The number of esters is 3. The fourth-order valence-electron chi connectivity index (χ4n) is 1.88. The SMILES string of the molecule is CCCCC(=O)OCC(C)(C)COC(=O)C(C)(C)COC(=O)CCCC. The number of ether oxygens (including phenoxy) is 3. The molecule has 0 spiro atoms. The highest BCUT2D eigenvalue weighted by atomic mass is 16.6. The predicted octanol–water partition coefficient (Wildman–Crippen LogP) is 4.05. The van der Waals surface area contributed by atoms with Crippen LogP contribution in [-0.2, 0) is 28.6 Å². The molecule has 0 N–H and O–H groups in total. The second-order valence-corrected chi connectivity index (χ2v) is 8.15. The lowest BCUT2D eigenvalue weighted by Crippen LogP contribution is -2.36. The van der Waals surface area contributed by atoms with Crippen molar-refractivity contribution in [2.45, 2.75) is 80.1 Å². The molecule has 0 bridgehead atoms. The van der Waals surface area contributed by atoms with Gasteiger partial charge in [-0.1, -0.05) is 40.5 Å². The van der Waals surface area contributed by atoms with Crippen LogP contribution in [0.15, 0.2) is 0 Å². The van der Waals surface area contributed by atoms with Gasteiger partial charge in [0.1, 0.15) is 6.61 Å². The van der Waals surface area contributed by atoms with Crippen molar-refractivity contribution in [1.82, 2.24) is 0 Å². The first-order valence-electron chi connectivity index (χ1n) is 9.52. The van der Waals surface area contributed by atoms with Crippen molar-refractivity contribution in [1.29, 1.82) is 0 Å². The molecule has 0 aliphatic heterocycles. The van der Waals surface area contributed by atoms with Crippen LogP contribution in [0, 0.1) is 10.8 Å². The van der Waals surface area contributed by atoms with Crippen LogP contribution in [0.4, 0.5) is 0 Å². The van der Waals surface area contributed by atoms with E-state index in [0.29, 0.717) is 12.8 Å². The number of carbonyl (C=O) groups is 3. The molecule has 6 nitrogen and oxygen atoms in total. The molecule has 0 atom stereocenters. The van der Waals surface area contributed by atoms with E-state index in [4.69, 9.17) is 14.2 Å². The Balaban J connectivity index is 4.29. The topological polar surface area (TPSA) is 78.9 Å². The molecule has 0 aliphatic rings. The summed E-state index contributed by atoms with van der Waals surface area (Å²) in [5.74, 6) is -0.969. The first-order chi connectivity index (χ1) is 12.0. The van der Waals surface area contributed by atoms with Gasteiger partial charge in [-0.15, -0.1) is 0 Å². The van der Waals surface area contributed by atoms with Crippen molar-refractivity contribution in [3.05, 3.63) is 0 Å². The molecule has 0 fully saturated rings. The molecule has 26 heavy (non-hydrogen) atoms. The quantitative estimate of drug-likeness (QED) is 0.358. The summed E-state index contributed by atoms with van der Waals surface area (Å²) in [5, 5.41) is 0. The first kappa shape index (κ1) is 24.4. The van der Waals surface area contributed by atoms with E-state index in [9.17, 15) is 14.4 Å². The van der Waals surface area contributed by atoms with E-state index >= 15 is 0 Å². The van der Waals surface area contributed by atoms with Crippen molar-refractivity contribution in [3.63, 3.8) is 0 Å². The molecular weight excluding hydrogens is 336 g/mol. The van der Waals surface area contributed by atoms with E-state index in [-0.39, 0.29) is 31.8 Å². The maximum absolute atomic E-state index is 12.3. The normalized spacial score (nSPS) is 11.8. The highest BCUT2D eigenvalue weighted by molar-refractivity contribution is 5.77. The van der Waals surface area contributed by atoms with Crippen molar-refractivity contribution in [2.24, 2.45) is 10.8 Å². The van der Waals surface area contributed by atoms with Gasteiger partial charge in [-0.25, -0.2) is 0 Å². The highest BCUT2D eigenvalue weighted by Crippen LogP contribution is 2.22. The molecule has 0 amide bonds. The summed E-state index contributed by atoms with van der Waals surface area (Å²) in [4.78, 5) is 35.5. The minimum Gasteiger partial charge on any atom is -0.465 e. The molecule has 0 rings (SSSR count). The Morgan fingerprint density at radius 2 is 1.12 bits per heavy atom.